The lowest BCUT2D eigenvalue weighted by Crippen LogP contribution is -2.37. The molecule has 0 heterocycles. The van der Waals surface area contributed by atoms with Crippen molar-refractivity contribution in [1.82, 2.24) is 4.90 Å². The molecule has 0 atom stereocenters. The highest BCUT2D eigenvalue weighted by Crippen LogP contribution is 2.29. The highest BCUT2D eigenvalue weighted by atomic mass is 127. The number of nitrogens with zero attached hydrogens (tertiary/aromatic N) is 1. The quantitative estimate of drug-likeness (QED) is 0.840. The zero-order valence-electron chi connectivity index (χ0n) is 10.0. The summed E-state index contributed by atoms with van der Waals surface area (Å²) in [6.07, 6.45) is 1.81. The van der Waals surface area contributed by atoms with Gasteiger partial charge in [0.15, 0.2) is 0 Å². The molecule has 0 bridgehead atoms. The molecule has 0 radical (unpaired) electrons. The van der Waals surface area contributed by atoms with Crippen LogP contribution in [0.5, 0.6) is 0 Å². The van der Waals surface area contributed by atoms with Crippen LogP contribution in [0.2, 0.25) is 0 Å². The molecule has 18 heavy (non-hydrogen) atoms. The average molecular weight is 359 g/mol. The van der Waals surface area contributed by atoms with E-state index in [1.54, 1.807) is 0 Å². The summed E-state index contributed by atoms with van der Waals surface area (Å²) in [4.78, 5) is 24.7. The van der Waals surface area contributed by atoms with Crippen LogP contribution in [-0.4, -0.2) is 34.5 Å². The van der Waals surface area contributed by atoms with Gasteiger partial charge in [0.05, 0.1) is 5.56 Å². The molecule has 1 aliphatic rings. The molecule has 0 unspecified atom stereocenters. The van der Waals surface area contributed by atoms with E-state index >= 15 is 0 Å². The molecule has 0 saturated heterocycles. The minimum atomic E-state index is -0.960. The van der Waals surface area contributed by atoms with Gasteiger partial charge >= 0.3 is 5.97 Å². The Hall–Kier alpha value is -1.11. The minimum Gasteiger partial charge on any atom is -0.480 e. The molecular weight excluding hydrogens is 345 g/mol. The molecule has 1 N–H and O–H groups in total. The zero-order valence-corrected chi connectivity index (χ0v) is 12.2. The Morgan fingerprint density at radius 2 is 2.11 bits per heavy atom. The van der Waals surface area contributed by atoms with Gasteiger partial charge in [-0.3, -0.25) is 9.59 Å². The topological polar surface area (TPSA) is 57.6 Å². The van der Waals surface area contributed by atoms with Crippen molar-refractivity contribution >= 4 is 34.5 Å². The number of halogens is 1. The van der Waals surface area contributed by atoms with Crippen molar-refractivity contribution in [2.45, 2.75) is 25.8 Å². The van der Waals surface area contributed by atoms with Gasteiger partial charge in [-0.2, -0.15) is 0 Å². The first kappa shape index (κ1) is 13.3. The Balaban J connectivity index is 2.27. The monoisotopic (exact) mass is 359 g/mol. The number of benzene rings is 1. The van der Waals surface area contributed by atoms with E-state index in [-0.39, 0.29) is 18.5 Å². The van der Waals surface area contributed by atoms with Crippen LogP contribution in [0.25, 0.3) is 0 Å². The number of hydrogen-bond acceptors (Lipinski definition) is 2. The van der Waals surface area contributed by atoms with Crippen LogP contribution >= 0.6 is 22.6 Å². The smallest absolute Gasteiger partial charge is 0.323 e. The van der Waals surface area contributed by atoms with Gasteiger partial charge in [0.25, 0.3) is 5.91 Å². The number of hydrogen-bond donors (Lipinski definition) is 1. The van der Waals surface area contributed by atoms with Gasteiger partial charge < -0.3 is 10.0 Å². The third-order valence-corrected chi connectivity index (χ3v) is 3.85. The number of carbonyl (C=O) groups is 2. The van der Waals surface area contributed by atoms with Crippen molar-refractivity contribution in [3.8, 4) is 0 Å². The number of aryl methyl sites for hydroxylation is 1. The van der Waals surface area contributed by atoms with Crippen molar-refractivity contribution < 1.29 is 14.7 Å². The Bertz CT molecular complexity index is 497. The van der Waals surface area contributed by atoms with E-state index in [0.29, 0.717) is 5.56 Å². The summed E-state index contributed by atoms with van der Waals surface area (Å²) in [5.41, 5.74) is 1.61. The van der Waals surface area contributed by atoms with Crippen LogP contribution < -0.4 is 0 Å². The van der Waals surface area contributed by atoms with E-state index in [0.717, 1.165) is 22.0 Å². The summed E-state index contributed by atoms with van der Waals surface area (Å²) in [7, 11) is 0. The summed E-state index contributed by atoms with van der Waals surface area (Å²) in [6, 6.07) is 5.75. The number of carbonyl (C=O) groups excluding carboxylic acids is 1. The SMILES string of the molecule is Cc1ccc(I)c(C(=O)N(CC(=O)O)C2CC2)c1. The largest absolute Gasteiger partial charge is 0.480 e. The number of amides is 1. The lowest BCUT2D eigenvalue weighted by atomic mass is 10.1. The molecule has 1 aromatic rings. The van der Waals surface area contributed by atoms with E-state index in [9.17, 15) is 9.59 Å². The van der Waals surface area contributed by atoms with Crippen molar-refractivity contribution in [2.75, 3.05) is 6.54 Å². The van der Waals surface area contributed by atoms with Crippen molar-refractivity contribution in [1.29, 1.82) is 0 Å². The molecule has 1 aliphatic carbocycles. The van der Waals surface area contributed by atoms with Crippen LogP contribution in [0.4, 0.5) is 0 Å². The lowest BCUT2D eigenvalue weighted by Gasteiger charge is -2.21. The van der Waals surface area contributed by atoms with Crippen LogP contribution in [0.15, 0.2) is 18.2 Å². The van der Waals surface area contributed by atoms with E-state index in [1.807, 2.05) is 25.1 Å². The number of aliphatic carboxylic acids is 1. The van der Waals surface area contributed by atoms with Crippen molar-refractivity contribution in [3.63, 3.8) is 0 Å². The first-order chi connectivity index (χ1) is 8.49. The maximum absolute atomic E-state index is 12.4. The second-order valence-corrected chi connectivity index (χ2v) is 5.70. The molecule has 0 spiro atoms. The molecule has 96 valence electrons. The molecule has 1 aromatic carbocycles. The van der Waals surface area contributed by atoms with Gasteiger partial charge in [-0.1, -0.05) is 11.6 Å². The normalized spacial score (nSPS) is 14.3. The Kier molecular flexibility index (Phi) is 3.89. The van der Waals surface area contributed by atoms with Gasteiger partial charge in [-0.05, 0) is 54.5 Å². The first-order valence-corrected chi connectivity index (χ1v) is 6.86. The van der Waals surface area contributed by atoms with Crippen LogP contribution in [0.3, 0.4) is 0 Å². The van der Waals surface area contributed by atoms with Gasteiger partial charge in [-0.15, -0.1) is 0 Å². The van der Waals surface area contributed by atoms with Crippen molar-refractivity contribution in [2.24, 2.45) is 0 Å². The molecule has 0 aliphatic heterocycles. The molecular formula is C13H14INO3. The molecule has 1 fully saturated rings. The Morgan fingerprint density at radius 1 is 1.44 bits per heavy atom. The second kappa shape index (κ2) is 5.26. The minimum absolute atomic E-state index is 0.102. The molecule has 0 aromatic heterocycles. The second-order valence-electron chi connectivity index (χ2n) is 4.54. The maximum atomic E-state index is 12.4. The van der Waals surface area contributed by atoms with E-state index in [2.05, 4.69) is 22.6 Å². The van der Waals surface area contributed by atoms with E-state index in [1.165, 1.54) is 4.90 Å². The fraction of sp³-hybridized carbons (Fsp3) is 0.385. The Morgan fingerprint density at radius 3 is 2.67 bits per heavy atom. The third kappa shape index (κ3) is 3.01. The van der Waals surface area contributed by atoms with E-state index in [4.69, 9.17) is 5.11 Å². The van der Waals surface area contributed by atoms with Gasteiger partial charge in [0.2, 0.25) is 0 Å². The predicted octanol–water partition coefficient (Wildman–Crippen LogP) is 2.29. The number of carboxylic acids is 1. The lowest BCUT2D eigenvalue weighted by molar-refractivity contribution is -0.137. The average Bonchev–Trinajstić information content (AvgIpc) is 3.12. The zero-order chi connectivity index (χ0) is 13.3. The number of rotatable bonds is 4. The summed E-state index contributed by atoms with van der Waals surface area (Å²) >= 11 is 2.11. The molecule has 1 amide bonds. The highest BCUT2D eigenvalue weighted by molar-refractivity contribution is 14.1. The molecule has 5 heteroatoms. The molecule has 4 nitrogen and oxygen atoms in total. The molecule has 2 rings (SSSR count). The number of carboxylic acid groups (broad SMARTS) is 1. The van der Waals surface area contributed by atoms with E-state index < -0.39 is 5.97 Å². The summed E-state index contributed by atoms with van der Waals surface area (Å²) < 4.78 is 0.860. The van der Waals surface area contributed by atoms with Gasteiger partial charge in [0.1, 0.15) is 6.54 Å². The van der Waals surface area contributed by atoms with Gasteiger partial charge in [-0.25, -0.2) is 0 Å². The fourth-order valence-electron chi connectivity index (χ4n) is 1.86. The fourth-order valence-corrected chi connectivity index (χ4v) is 2.42. The standard InChI is InChI=1S/C13H14INO3/c1-8-2-5-11(14)10(6-8)13(18)15(7-12(16)17)9-3-4-9/h2,5-6,9H,3-4,7H2,1H3,(H,16,17). The van der Waals surface area contributed by atoms with Crippen LogP contribution in [0.1, 0.15) is 28.8 Å². The predicted molar refractivity (Wildman–Crippen MR) is 75.6 cm³/mol. The summed E-state index contributed by atoms with van der Waals surface area (Å²) in [5, 5.41) is 8.88. The van der Waals surface area contributed by atoms with Crippen LogP contribution in [-0.2, 0) is 4.79 Å². The summed E-state index contributed by atoms with van der Waals surface area (Å²) in [6.45, 7) is 1.71. The van der Waals surface area contributed by atoms with Gasteiger partial charge in [0, 0.05) is 9.61 Å². The molecule has 1 saturated carbocycles. The van der Waals surface area contributed by atoms with Crippen molar-refractivity contribution in [3.05, 3.63) is 32.9 Å². The first-order valence-electron chi connectivity index (χ1n) is 5.78. The maximum Gasteiger partial charge on any atom is 0.323 e. The Labute approximate surface area is 119 Å². The summed E-state index contributed by atoms with van der Waals surface area (Å²) in [5.74, 6) is -1.13. The van der Waals surface area contributed by atoms with Crippen LogP contribution in [0, 0.1) is 10.5 Å². The highest BCUT2D eigenvalue weighted by Gasteiger charge is 2.34. The third-order valence-electron chi connectivity index (χ3n) is 2.91.